The van der Waals surface area contributed by atoms with Crippen LogP contribution in [0.1, 0.15) is 90.9 Å². The van der Waals surface area contributed by atoms with Gasteiger partial charge in [-0.3, -0.25) is 4.79 Å². The summed E-state index contributed by atoms with van der Waals surface area (Å²) in [7, 11) is 0. The van der Waals surface area contributed by atoms with Gasteiger partial charge in [0.1, 0.15) is 5.41 Å². The summed E-state index contributed by atoms with van der Waals surface area (Å²) in [6, 6.07) is 0. The van der Waals surface area contributed by atoms with Gasteiger partial charge in [0.2, 0.25) is 5.60 Å². The third-order valence-electron chi connectivity index (χ3n) is 5.87. The Labute approximate surface area is 157 Å². The lowest BCUT2D eigenvalue weighted by atomic mass is 9.60. The summed E-state index contributed by atoms with van der Waals surface area (Å²) in [5.41, 5.74) is -1.45. The van der Waals surface area contributed by atoms with Crippen LogP contribution in [0.15, 0.2) is 23.8 Å². The molecule has 2 aliphatic rings. The highest BCUT2D eigenvalue weighted by Gasteiger charge is 2.71. The number of cyclic esters (lactones) is 1. The number of hydrogen-bond acceptors (Lipinski definition) is 3. The number of rotatable bonds is 12. The minimum Gasteiger partial charge on any atom is -0.478 e. The zero-order valence-corrected chi connectivity index (χ0v) is 16.4. The second kappa shape index (κ2) is 9.38. The number of carbonyl (C=O) groups is 2. The molecular weight excluding hydrogens is 328 g/mol. The Morgan fingerprint density at radius 1 is 1.08 bits per heavy atom. The zero-order valence-electron chi connectivity index (χ0n) is 16.4. The third-order valence-corrected chi connectivity index (χ3v) is 5.87. The highest BCUT2D eigenvalue weighted by atomic mass is 16.6. The molecule has 1 saturated heterocycles. The van der Waals surface area contributed by atoms with E-state index >= 15 is 0 Å². The molecule has 0 bridgehead atoms. The molecule has 2 unspecified atom stereocenters. The summed E-state index contributed by atoms with van der Waals surface area (Å²) < 4.78 is 5.30. The van der Waals surface area contributed by atoms with Crippen LogP contribution in [0.2, 0.25) is 0 Å². The predicted octanol–water partition coefficient (Wildman–Crippen LogP) is 5.57. The first-order valence-corrected chi connectivity index (χ1v) is 10.3. The van der Waals surface area contributed by atoms with Gasteiger partial charge in [-0.15, -0.1) is 0 Å². The summed E-state index contributed by atoms with van der Waals surface area (Å²) in [4.78, 5) is 24.2. The van der Waals surface area contributed by atoms with Gasteiger partial charge in [-0.1, -0.05) is 88.5 Å². The highest BCUT2D eigenvalue weighted by molar-refractivity contribution is 6.00. The number of hydrogen-bond donors (Lipinski definition) is 1. The molecule has 1 heterocycles. The van der Waals surface area contributed by atoms with Crippen molar-refractivity contribution in [3.05, 3.63) is 23.8 Å². The molecule has 146 valence electrons. The van der Waals surface area contributed by atoms with Gasteiger partial charge in [0.05, 0.1) is 0 Å². The molecule has 2 atom stereocenters. The van der Waals surface area contributed by atoms with Crippen LogP contribution in [0.3, 0.4) is 0 Å². The van der Waals surface area contributed by atoms with Gasteiger partial charge in [0.15, 0.2) is 0 Å². The van der Waals surface area contributed by atoms with E-state index in [4.69, 9.17) is 4.74 Å². The number of carbonyl (C=O) groups excluding carboxylic acids is 1. The zero-order chi connectivity index (χ0) is 19.0. The molecule has 0 aromatic heterocycles. The Balaban J connectivity index is 1.77. The smallest absolute Gasteiger partial charge is 0.349 e. The molecule has 4 heteroatoms. The van der Waals surface area contributed by atoms with Crippen molar-refractivity contribution in [2.24, 2.45) is 5.41 Å². The molecule has 1 aliphatic heterocycles. The van der Waals surface area contributed by atoms with Crippen LogP contribution in [-0.2, 0) is 14.3 Å². The van der Waals surface area contributed by atoms with E-state index in [0.29, 0.717) is 12.8 Å². The molecule has 1 spiro atoms. The van der Waals surface area contributed by atoms with Gasteiger partial charge in [-0.25, -0.2) is 4.79 Å². The Bertz CT molecular complexity index is 562. The van der Waals surface area contributed by atoms with Crippen molar-refractivity contribution in [3.63, 3.8) is 0 Å². The molecule has 1 aliphatic carbocycles. The molecule has 1 N–H and O–H groups in total. The average Bonchev–Trinajstić information content (AvgIpc) is 2.61. The molecular formula is C22H34O4. The van der Waals surface area contributed by atoms with Gasteiger partial charge in [0, 0.05) is 0 Å². The van der Waals surface area contributed by atoms with Crippen molar-refractivity contribution < 1.29 is 19.4 Å². The van der Waals surface area contributed by atoms with E-state index < -0.39 is 23.0 Å². The third kappa shape index (κ3) is 4.21. The number of aliphatic carboxylic acids is 1. The number of carboxylic acid groups (broad SMARTS) is 1. The van der Waals surface area contributed by atoms with Gasteiger partial charge >= 0.3 is 11.9 Å². The van der Waals surface area contributed by atoms with Crippen molar-refractivity contribution in [2.75, 3.05) is 0 Å². The summed E-state index contributed by atoms with van der Waals surface area (Å²) >= 11 is 0. The maximum absolute atomic E-state index is 12.2. The summed E-state index contributed by atoms with van der Waals surface area (Å²) in [5.74, 6) is -1.40. The molecule has 0 saturated carbocycles. The molecule has 0 aromatic carbocycles. The molecule has 0 amide bonds. The quantitative estimate of drug-likeness (QED) is 0.364. The largest absolute Gasteiger partial charge is 0.478 e. The Hall–Kier alpha value is -1.58. The second-order valence-corrected chi connectivity index (χ2v) is 7.92. The number of allylic oxidation sites excluding steroid dienone is 3. The minimum absolute atomic E-state index is 0.393. The van der Waals surface area contributed by atoms with E-state index in [9.17, 15) is 14.7 Å². The standard InChI is InChI=1S/C22H34O4/c1-3-4-5-6-7-8-9-10-11-12-16-22(19(23)24)21(20(25)26-22)15-13-14-18(2)17-21/h13-14,17H,3-12,15-16H2,1-2H3,(H,23,24). The Morgan fingerprint density at radius 2 is 1.65 bits per heavy atom. The summed E-state index contributed by atoms with van der Waals surface area (Å²) in [6.45, 7) is 4.13. The highest BCUT2D eigenvalue weighted by Crippen LogP contribution is 2.54. The van der Waals surface area contributed by atoms with Crippen LogP contribution >= 0.6 is 0 Å². The first kappa shape index (κ1) is 20.7. The SMILES string of the molecule is CCCCCCCCCCCCC1(C(=O)O)OC(=O)C12C=C(C)C=CC2. The van der Waals surface area contributed by atoms with Gasteiger partial charge in [-0.2, -0.15) is 0 Å². The lowest BCUT2D eigenvalue weighted by molar-refractivity contribution is -0.240. The van der Waals surface area contributed by atoms with Crippen molar-refractivity contribution >= 4 is 11.9 Å². The maximum Gasteiger partial charge on any atom is 0.349 e. The van der Waals surface area contributed by atoms with E-state index in [1.165, 1.54) is 44.9 Å². The monoisotopic (exact) mass is 362 g/mol. The summed E-state index contributed by atoms with van der Waals surface area (Å²) in [6.07, 6.45) is 18.4. The lowest BCUT2D eigenvalue weighted by Crippen LogP contribution is -2.70. The lowest BCUT2D eigenvalue weighted by Gasteiger charge is -2.53. The molecule has 1 fully saturated rings. The van der Waals surface area contributed by atoms with E-state index in [2.05, 4.69) is 6.92 Å². The minimum atomic E-state index is -1.38. The molecule has 2 rings (SSSR count). The first-order chi connectivity index (χ1) is 12.5. The van der Waals surface area contributed by atoms with E-state index in [1.807, 2.05) is 25.2 Å². The fourth-order valence-corrected chi connectivity index (χ4v) is 4.29. The number of esters is 1. The maximum atomic E-state index is 12.2. The topological polar surface area (TPSA) is 63.6 Å². The number of carboxylic acids is 1. The predicted molar refractivity (Wildman–Crippen MR) is 103 cm³/mol. The van der Waals surface area contributed by atoms with Crippen LogP contribution in [0, 0.1) is 5.41 Å². The van der Waals surface area contributed by atoms with Crippen LogP contribution < -0.4 is 0 Å². The van der Waals surface area contributed by atoms with Crippen molar-refractivity contribution in [1.29, 1.82) is 0 Å². The normalized spacial score (nSPS) is 27.2. The number of ether oxygens (including phenoxy) is 1. The Morgan fingerprint density at radius 3 is 2.15 bits per heavy atom. The fourth-order valence-electron chi connectivity index (χ4n) is 4.29. The van der Waals surface area contributed by atoms with Crippen molar-refractivity contribution in [2.45, 2.75) is 96.5 Å². The summed E-state index contributed by atoms with van der Waals surface area (Å²) in [5, 5.41) is 9.82. The van der Waals surface area contributed by atoms with Gasteiger partial charge < -0.3 is 9.84 Å². The van der Waals surface area contributed by atoms with Gasteiger partial charge in [-0.05, 0) is 26.2 Å². The average molecular weight is 363 g/mol. The van der Waals surface area contributed by atoms with Crippen LogP contribution in [0.5, 0.6) is 0 Å². The van der Waals surface area contributed by atoms with Crippen LogP contribution in [0.4, 0.5) is 0 Å². The van der Waals surface area contributed by atoms with Crippen LogP contribution in [-0.4, -0.2) is 22.6 Å². The van der Waals surface area contributed by atoms with Crippen molar-refractivity contribution in [3.8, 4) is 0 Å². The van der Waals surface area contributed by atoms with Gasteiger partial charge in [0.25, 0.3) is 0 Å². The van der Waals surface area contributed by atoms with E-state index in [0.717, 1.165) is 24.8 Å². The first-order valence-electron chi connectivity index (χ1n) is 10.3. The second-order valence-electron chi connectivity index (χ2n) is 7.92. The fraction of sp³-hybridized carbons (Fsp3) is 0.727. The van der Waals surface area contributed by atoms with Crippen molar-refractivity contribution in [1.82, 2.24) is 0 Å². The Kier molecular flexibility index (Phi) is 7.48. The molecule has 26 heavy (non-hydrogen) atoms. The number of unbranched alkanes of at least 4 members (excludes halogenated alkanes) is 9. The van der Waals surface area contributed by atoms with E-state index in [1.54, 1.807) is 0 Å². The van der Waals surface area contributed by atoms with E-state index in [-0.39, 0.29) is 0 Å². The van der Waals surface area contributed by atoms with Crippen LogP contribution in [0.25, 0.3) is 0 Å². The molecule has 0 aromatic rings. The molecule has 0 radical (unpaired) electrons. The molecule has 4 nitrogen and oxygen atoms in total.